The van der Waals surface area contributed by atoms with Gasteiger partial charge < -0.3 is 5.11 Å². The fourth-order valence-corrected chi connectivity index (χ4v) is 2.80. The Morgan fingerprint density at radius 2 is 1.93 bits per heavy atom. The van der Waals surface area contributed by atoms with Gasteiger partial charge in [0, 0.05) is 8.04 Å². The predicted octanol–water partition coefficient (Wildman–Crippen LogP) is 3.56. The van der Waals surface area contributed by atoms with Gasteiger partial charge in [-0.2, -0.15) is 13.2 Å². The summed E-state index contributed by atoms with van der Waals surface area (Å²) in [6.07, 6.45) is -4.40. The molecule has 0 saturated heterocycles. The average molecular weight is 381 g/mol. The normalized spacial score (nSPS) is 11.9. The largest absolute Gasteiger partial charge is 0.418 e. The van der Waals surface area contributed by atoms with Gasteiger partial charge in [-0.05, 0) is 50.2 Å². The van der Waals surface area contributed by atoms with Crippen molar-refractivity contribution in [3.05, 3.63) is 31.3 Å². The minimum Gasteiger partial charge on any atom is -0.392 e. The van der Waals surface area contributed by atoms with Gasteiger partial charge in [0.15, 0.2) is 0 Å². The molecule has 1 nitrogen and oxygen atoms in total. The summed E-state index contributed by atoms with van der Waals surface area (Å²) in [5.74, 6) is 0. The van der Waals surface area contributed by atoms with E-state index < -0.39 is 18.3 Å². The van der Waals surface area contributed by atoms with Crippen LogP contribution in [0.5, 0.6) is 0 Å². The van der Waals surface area contributed by atoms with Crippen molar-refractivity contribution in [1.82, 2.24) is 0 Å². The third-order valence-electron chi connectivity index (χ3n) is 1.62. The fourth-order valence-electron chi connectivity index (χ4n) is 0.978. The van der Waals surface area contributed by atoms with Crippen molar-refractivity contribution in [2.45, 2.75) is 12.8 Å². The van der Waals surface area contributed by atoms with Crippen LogP contribution in [0, 0.1) is 3.57 Å². The van der Waals surface area contributed by atoms with Gasteiger partial charge in [-0.15, -0.1) is 0 Å². The van der Waals surface area contributed by atoms with Gasteiger partial charge in [0.2, 0.25) is 0 Å². The third kappa shape index (κ3) is 2.40. The Labute approximate surface area is 101 Å². The lowest BCUT2D eigenvalue weighted by Crippen LogP contribution is -2.10. The Morgan fingerprint density at radius 3 is 2.36 bits per heavy atom. The van der Waals surface area contributed by atoms with Gasteiger partial charge in [-0.1, -0.05) is 6.07 Å². The summed E-state index contributed by atoms with van der Waals surface area (Å²) in [6, 6.07) is 2.79. The fraction of sp³-hybridized carbons (Fsp3) is 0.250. The van der Waals surface area contributed by atoms with Crippen molar-refractivity contribution in [3.63, 3.8) is 0 Å². The predicted molar refractivity (Wildman–Crippen MR) is 57.8 cm³/mol. The van der Waals surface area contributed by atoms with E-state index in [1.165, 1.54) is 12.1 Å². The molecule has 0 bridgehead atoms. The zero-order chi connectivity index (χ0) is 10.9. The van der Waals surface area contributed by atoms with E-state index in [0.717, 1.165) is 0 Å². The highest BCUT2D eigenvalue weighted by atomic mass is 127. The van der Waals surface area contributed by atoms with Crippen molar-refractivity contribution in [2.24, 2.45) is 0 Å². The minimum absolute atomic E-state index is 0.0839. The molecule has 0 spiro atoms. The van der Waals surface area contributed by atoms with E-state index in [0.29, 0.717) is 0 Å². The highest BCUT2D eigenvalue weighted by molar-refractivity contribution is 14.1. The molecule has 0 aliphatic rings. The van der Waals surface area contributed by atoms with E-state index in [1.807, 2.05) is 0 Å². The van der Waals surface area contributed by atoms with E-state index in [2.05, 4.69) is 15.9 Å². The molecule has 1 rings (SSSR count). The second-order valence-electron chi connectivity index (χ2n) is 2.55. The zero-order valence-electron chi connectivity index (χ0n) is 6.70. The van der Waals surface area contributed by atoms with Crippen LogP contribution in [0.4, 0.5) is 13.2 Å². The molecule has 0 fully saturated rings. The van der Waals surface area contributed by atoms with Crippen LogP contribution in [0.25, 0.3) is 0 Å². The van der Waals surface area contributed by atoms with Crippen molar-refractivity contribution in [2.75, 3.05) is 0 Å². The minimum atomic E-state index is -4.40. The molecule has 0 aliphatic heterocycles. The summed E-state index contributed by atoms with van der Waals surface area (Å²) in [5, 5.41) is 8.80. The molecule has 0 aliphatic carbocycles. The van der Waals surface area contributed by atoms with Gasteiger partial charge in [-0.3, -0.25) is 0 Å². The maximum absolute atomic E-state index is 12.5. The van der Waals surface area contributed by atoms with Crippen LogP contribution in [0.15, 0.2) is 16.6 Å². The van der Waals surface area contributed by atoms with E-state index in [4.69, 9.17) is 5.11 Å². The molecule has 6 heteroatoms. The number of hydrogen-bond donors (Lipinski definition) is 1. The zero-order valence-corrected chi connectivity index (χ0v) is 10.4. The van der Waals surface area contributed by atoms with Crippen LogP contribution in [0.2, 0.25) is 0 Å². The van der Waals surface area contributed by atoms with E-state index in [-0.39, 0.29) is 13.6 Å². The first-order valence-electron chi connectivity index (χ1n) is 3.53. The number of rotatable bonds is 1. The first kappa shape index (κ1) is 12.3. The molecular weight excluding hydrogens is 376 g/mol. The van der Waals surface area contributed by atoms with Crippen molar-refractivity contribution in [3.8, 4) is 0 Å². The SMILES string of the molecule is OCc1ccc(I)c(C(F)(F)F)c1Br. The van der Waals surface area contributed by atoms with Gasteiger partial charge in [0.1, 0.15) is 0 Å². The number of benzene rings is 1. The summed E-state index contributed by atoms with van der Waals surface area (Å²) in [7, 11) is 0. The molecule has 0 saturated carbocycles. The van der Waals surface area contributed by atoms with Gasteiger partial charge in [0.25, 0.3) is 0 Å². The Hall–Kier alpha value is 0.180. The van der Waals surface area contributed by atoms with E-state index in [1.54, 1.807) is 22.6 Å². The maximum atomic E-state index is 12.5. The number of alkyl halides is 3. The average Bonchev–Trinajstić information content (AvgIpc) is 2.02. The van der Waals surface area contributed by atoms with Crippen LogP contribution in [0.3, 0.4) is 0 Å². The molecule has 0 atom stereocenters. The molecule has 14 heavy (non-hydrogen) atoms. The van der Waals surface area contributed by atoms with Gasteiger partial charge >= 0.3 is 6.18 Å². The summed E-state index contributed by atoms with van der Waals surface area (Å²) in [5.41, 5.74) is -0.498. The smallest absolute Gasteiger partial charge is 0.392 e. The second kappa shape index (κ2) is 4.36. The van der Waals surface area contributed by atoms with Crippen molar-refractivity contribution in [1.29, 1.82) is 0 Å². The van der Waals surface area contributed by atoms with Crippen molar-refractivity contribution < 1.29 is 18.3 Å². The molecule has 78 valence electrons. The Kier molecular flexibility index (Phi) is 3.81. The molecule has 0 radical (unpaired) electrons. The highest BCUT2D eigenvalue weighted by Gasteiger charge is 2.36. The Bertz CT molecular complexity index is 351. The molecule has 1 aromatic carbocycles. The first-order valence-corrected chi connectivity index (χ1v) is 5.40. The second-order valence-corrected chi connectivity index (χ2v) is 4.51. The maximum Gasteiger partial charge on any atom is 0.418 e. The topological polar surface area (TPSA) is 20.2 Å². The van der Waals surface area contributed by atoms with Crippen LogP contribution < -0.4 is 0 Å². The molecule has 1 aromatic rings. The van der Waals surface area contributed by atoms with Crippen LogP contribution in [0.1, 0.15) is 11.1 Å². The number of aliphatic hydroxyl groups excluding tert-OH is 1. The number of halogens is 5. The summed E-state index contributed by atoms with van der Waals surface area (Å²) in [6.45, 7) is -0.416. The first-order chi connectivity index (χ1) is 6.38. The molecule has 1 N–H and O–H groups in total. The monoisotopic (exact) mass is 380 g/mol. The highest BCUT2D eigenvalue weighted by Crippen LogP contribution is 2.39. The summed E-state index contributed by atoms with van der Waals surface area (Å²) < 4.78 is 37.6. The summed E-state index contributed by atoms with van der Waals surface area (Å²) in [4.78, 5) is 0. The lowest BCUT2D eigenvalue weighted by atomic mass is 10.1. The van der Waals surface area contributed by atoms with Crippen LogP contribution in [-0.2, 0) is 12.8 Å². The van der Waals surface area contributed by atoms with Crippen LogP contribution >= 0.6 is 38.5 Å². The molecule has 0 heterocycles. The van der Waals surface area contributed by atoms with E-state index in [9.17, 15) is 13.2 Å². The molecular formula is C8H5BrF3IO. The Balaban J connectivity index is 3.40. The standard InChI is InChI=1S/C8H5BrF3IO/c9-7-4(3-14)1-2-5(13)6(7)8(10,11)12/h1-2,14H,3H2. The van der Waals surface area contributed by atoms with E-state index >= 15 is 0 Å². The summed E-state index contributed by atoms with van der Waals surface area (Å²) >= 11 is 4.46. The Morgan fingerprint density at radius 1 is 1.36 bits per heavy atom. The number of aliphatic hydroxyl groups is 1. The number of hydrogen-bond acceptors (Lipinski definition) is 1. The van der Waals surface area contributed by atoms with Gasteiger partial charge in [-0.25, -0.2) is 0 Å². The lowest BCUT2D eigenvalue weighted by Gasteiger charge is -2.13. The van der Waals surface area contributed by atoms with Crippen molar-refractivity contribution >= 4 is 38.5 Å². The quantitative estimate of drug-likeness (QED) is 0.738. The molecule has 0 unspecified atom stereocenters. The lowest BCUT2D eigenvalue weighted by molar-refractivity contribution is -0.139. The molecule has 0 amide bonds. The van der Waals surface area contributed by atoms with Gasteiger partial charge in [0.05, 0.1) is 12.2 Å². The third-order valence-corrected chi connectivity index (χ3v) is 3.43. The van der Waals surface area contributed by atoms with Crippen LogP contribution in [-0.4, -0.2) is 5.11 Å². The molecule has 0 aromatic heterocycles.